The zero-order chi connectivity index (χ0) is 22.2. The number of fused-ring (bicyclic) bond motifs is 2. The second-order valence-corrected chi connectivity index (χ2v) is 10.1. The average Bonchev–Trinajstić information content (AvgIpc) is 3.21. The molecule has 0 saturated carbocycles. The fraction of sp³-hybridized carbons (Fsp3) is 0.458. The van der Waals surface area contributed by atoms with Crippen LogP contribution in [0.1, 0.15) is 63.6 Å². The van der Waals surface area contributed by atoms with Crippen LogP contribution in [0.5, 0.6) is 5.75 Å². The number of rotatable bonds is 6. The van der Waals surface area contributed by atoms with E-state index in [-0.39, 0.29) is 22.4 Å². The van der Waals surface area contributed by atoms with E-state index in [0.29, 0.717) is 25.8 Å². The monoisotopic (exact) mass is 442 g/mol. The highest BCUT2D eigenvalue weighted by atomic mass is 32.2. The molecule has 2 heterocycles. The molecule has 6 nitrogen and oxygen atoms in total. The number of ether oxygens (including phenoxy) is 1. The summed E-state index contributed by atoms with van der Waals surface area (Å²) >= 11 is 0. The number of para-hydroxylation sites is 1. The van der Waals surface area contributed by atoms with Crippen LogP contribution in [0.25, 0.3) is 0 Å². The van der Waals surface area contributed by atoms with Crippen LogP contribution in [0.4, 0.5) is 5.69 Å². The topological polar surface area (TPSA) is 75.7 Å². The lowest BCUT2D eigenvalue weighted by atomic mass is 9.84. The van der Waals surface area contributed by atoms with Gasteiger partial charge in [-0.1, -0.05) is 39.0 Å². The highest BCUT2D eigenvalue weighted by Crippen LogP contribution is 2.43. The minimum Gasteiger partial charge on any atom is -0.487 e. The lowest BCUT2D eigenvalue weighted by molar-refractivity contribution is -0.118. The van der Waals surface area contributed by atoms with E-state index < -0.39 is 10.0 Å². The summed E-state index contributed by atoms with van der Waals surface area (Å²) in [5.74, 6) is 0.801. The van der Waals surface area contributed by atoms with E-state index in [0.717, 1.165) is 35.4 Å². The summed E-state index contributed by atoms with van der Waals surface area (Å²) in [6, 6.07) is 12.4. The standard InChI is InChI=1S/C24H30N2O4S/c1-4-23(27)26-14-13-17-15-18(11-12-21(17)26)31(28,29)25-20-16-24(5-2,6-3)30-22-10-8-7-9-19(20)22/h7-12,15,20,25H,4-6,13-14,16H2,1-3H3/t20-/m0/s1. The number of carbonyl (C=O) groups excluding carboxylic acids is 1. The van der Waals surface area contributed by atoms with Gasteiger partial charge in [-0.15, -0.1) is 0 Å². The van der Waals surface area contributed by atoms with Gasteiger partial charge in [0.1, 0.15) is 11.4 Å². The molecule has 0 unspecified atom stereocenters. The predicted molar refractivity (Wildman–Crippen MR) is 121 cm³/mol. The molecule has 1 N–H and O–H groups in total. The molecule has 0 radical (unpaired) electrons. The first-order valence-corrected chi connectivity index (χ1v) is 12.5. The highest BCUT2D eigenvalue weighted by molar-refractivity contribution is 7.89. The molecule has 0 bridgehead atoms. The Morgan fingerprint density at radius 3 is 2.61 bits per heavy atom. The minimum atomic E-state index is -3.74. The van der Waals surface area contributed by atoms with Crippen LogP contribution < -0.4 is 14.4 Å². The second-order valence-electron chi connectivity index (χ2n) is 8.35. The lowest BCUT2D eigenvalue weighted by Gasteiger charge is -2.41. The zero-order valence-corrected chi connectivity index (χ0v) is 19.2. The van der Waals surface area contributed by atoms with E-state index in [9.17, 15) is 13.2 Å². The van der Waals surface area contributed by atoms with Gasteiger partial charge >= 0.3 is 0 Å². The molecule has 0 fully saturated rings. The molecule has 0 saturated heterocycles. The van der Waals surface area contributed by atoms with Gasteiger partial charge in [-0.05, 0) is 49.1 Å². The first-order chi connectivity index (χ1) is 14.8. The van der Waals surface area contributed by atoms with Crippen LogP contribution in [0.15, 0.2) is 47.4 Å². The van der Waals surface area contributed by atoms with Crippen molar-refractivity contribution in [3.63, 3.8) is 0 Å². The quantitative estimate of drug-likeness (QED) is 0.722. The number of anilines is 1. The van der Waals surface area contributed by atoms with Gasteiger partial charge in [-0.25, -0.2) is 13.1 Å². The predicted octanol–water partition coefficient (Wildman–Crippen LogP) is 4.35. The van der Waals surface area contributed by atoms with Crippen molar-refractivity contribution in [3.05, 3.63) is 53.6 Å². The molecule has 2 aliphatic heterocycles. The van der Waals surface area contributed by atoms with Gasteiger partial charge in [-0.3, -0.25) is 4.79 Å². The summed E-state index contributed by atoms with van der Waals surface area (Å²) in [6.45, 7) is 6.59. The van der Waals surface area contributed by atoms with Gasteiger partial charge in [0.15, 0.2) is 0 Å². The summed E-state index contributed by atoms with van der Waals surface area (Å²) in [5.41, 5.74) is 2.19. The maximum atomic E-state index is 13.3. The Hall–Kier alpha value is -2.38. The molecule has 7 heteroatoms. The smallest absolute Gasteiger partial charge is 0.241 e. The largest absolute Gasteiger partial charge is 0.487 e. The van der Waals surface area contributed by atoms with Crippen molar-refractivity contribution in [2.75, 3.05) is 11.4 Å². The van der Waals surface area contributed by atoms with Gasteiger partial charge < -0.3 is 9.64 Å². The van der Waals surface area contributed by atoms with Gasteiger partial charge in [0, 0.05) is 30.6 Å². The third kappa shape index (κ3) is 3.96. The number of sulfonamides is 1. The van der Waals surface area contributed by atoms with Crippen LogP contribution in [-0.2, 0) is 21.2 Å². The van der Waals surface area contributed by atoms with Crippen LogP contribution >= 0.6 is 0 Å². The van der Waals surface area contributed by atoms with Crippen LogP contribution in [0, 0.1) is 0 Å². The Morgan fingerprint density at radius 2 is 1.90 bits per heavy atom. The van der Waals surface area contributed by atoms with Gasteiger partial charge in [0.25, 0.3) is 0 Å². The highest BCUT2D eigenvalue weighted by Gasteiger charge is 2.40. The van der Waals surface area contributed by atoms with Crippen molar-refractivity contribution >= 4 is 21.6 Å². The second kappa shape index (κ2) is 8.28. The number of benzene rings is 2. The third-order valence-electron chi connectivity index (χ3n) is 6.64. The molecular formula is C24H30N2O4S. The Morgan fingerprint density at radius 1 is 1.16 bits per heavy atom. The molecule has 1 atom stereocenters. The van der Waals surface area contributed by atoms with Crippen molar-refractivity contribution in [2.45, 2.75) is 69.4 Å². The maximum Gasteiger partial charge on any atom is 0.241 e. The van der Waals surface area contributed by atoms with Crippen molar-refractivity contribution in [2.24, 2.45) is 0 Å². The first-order valence-electron chi connectivity index (χ1n) is 11.1. The summed E-state index contributed by atoms with van der Waals surface area (Å²) in [6.07, 6.45) is 3.28. The molecule has 166 valence electrons. The molecule has 2 aromatic rings. The van der Waals surface area contributed by atoms with Crippen LogP contribution in [0.3, 0.4) is 0 Å². The fourth-order valence-electron chi connectivity index (χ4n) is 4.66. The first kappa shape index (κ1) is 21.8. The third-order valence-corrected chi connectivity index (χ3v) is 8.11. The van der Waals surface area contributed by atoms with Crippen LogP contribution in [-0.4, -0.2) is 26.5 Å². The Balaban J connectivity index is 1.64. The Labute approximate surface area is 184 Å². The normalized spacial score (nSPS) is 19.5. The molecule has 2 aromatic carbocycles. The Bertz CT molecular complexity index is 1090. The van der Waals surface area contributed by atoms with Crippen LogP contribution in [0.2, 0.25) is 0 Å². The van der Waals surface area contributed by atoms with E-state index in [2.05, 4.69) is 18.6 Å². The molecule has 0 spiro atoms. The zero-order valence-electron chi connectivity index (χ0n) is 18.3. The lowest BCUT2D eigenvalue weighted by Crippen LogP contribution is -2.44. The van der Waals surface area contributed by atoms with Gasteiger partial charge in [0.2, 0.25) is 15.9 Å². The summed E-state index contributed by atoms with van der Waals surface area (Å²) in [4.78, 5) is 14.1. The number of amides is 1. The molecule has 31 heavy (non-hydrogen) atoms. The number of nitrogens with one attached hydrogen (secondary N) is 1. The maximum absolute atomic E-state index is 13.3. The minimum absolute atomic E-state index is 0.0572. The molecule has 4 rings (SSSR count). The molecule has 2 aliphatic rings. The Kier molecular flexibility index (Phi) is 5.83. The van der Waals surface area contributed by atoms with E-state index in [4.69, 9.17) is 4.74 Å². The average molecular weight is 443 g/mol. The summed E-state index contributed by atoms with van der Waals surface area (Å²) < 4.78 is 35.9. The molecule has 1 amide bonds. The summed E-state index contributed by atoms with van der Waals surface area (Å²) in [5, 5.41) is 0. The van der Waals surface area contributed by atoms with E-state index >= 15 is 0 Å². The number of hydrogen-bond acceptors (Lipinski definition) is 4. The van der Waals surface area contributed by atoms with Gasteiger partial charge in [-0.2, -0.15) is 0 Å². The molecule has 0 aromatic heterocycles. The number of hydrogen-bond donors (Lipinski definition) is 1. The molecule has 0 aliphatic carbocycles. The van der Waals surface area contributed by atoms with Crippen molar-refractivity contribution < 1.29 is 17.9 Å². The fourth-order valence-corrected chi connectivity index (χ4v) is 5.92. The molecular weight excluding hydrogens is 412 g/mol. The van der Waals surface area contributed by atoms with Crippen molar-refractivity contribution in [1.29, 1.82) is 0 Å². The van der Waals surface area contributed by atoms with E-state index in [1.54, 1.807) is 23.1 Å². The number of carbonyl (C=O) groups is 1. The van der Waals surface area contributed by atoms with Gasteiger partial charge in [0.05, 0.1) is 10.9 Å². The van der Waals surface area contributed by atoms with E-state index in [1.807, 2.05) is 31.2 Å². The summed E-state index contributed by atoms with van der Waals surface area (Å²) in [7, 11) is -3.74. The SMILES string of the molecule is CCC(=O)N1CCc2cc(S(=O)(=O)N[C@H]3CC(CC)(CC)Oc4ccccc43)ccc21. The van der Waals surface area contributed by atoms with Crippen molar-refractivity contribution in [3.8, 4) is 5.75 Å². The van der Waals surface area contributed by atoms with Crippen molar-refractivity contribution in [1.82, 2.24) is 4.72 Å². The number of nitrogens with zero attached hydrogens (tertiary/aromatic N) is 1. The van der Waals surface area contributed by atoms with E-state index in [1.165, 1.54) is 0 Å².